The third kappa shape index (κ3) is 2.85. The maximum absolute atomic E-state index is 9.16. The van der Waals surface area contributed by atoms with E-state index in [2.05, 4.69) is 6.07 Å². The lowest BCUT2D eigenvalue weighted by Gasteiger charge is -2.12. The minimum Gasteiger partial charge on any atom is -0.493 e. The minimum absolute atomic E-state index is 0.0431. The van der Waals surface area contributed by atoms with Gasteiger partial charge in [-0.05, 0) is 30.2 Å². The summed E-state index contributed by atoms with van der Waals surface area (Å²) >= 11 is 0. The number of hydrogen-bond acceptors (Lipinski definition) is 4. The summed E-state index contributed by atoms with van der Waals surface area (Å²) in [4.78, 5) is 4.79. The fraction of sp³-hybridized carbons (Fsp3) is 0.211. The van der Waals surface area contributed by atoms with Crippen molar-refractivity contribution in [3.05, 3.63) is 53.6 Å². The van der Waals surface area contributed by atoms with Crippen molar-refractivity contribution in [2.75, 3.05) is 14.2 Å². The van der Waals surface area contributed by atoms with Crippen LogP contribution in [0.4, 0.5) is 0 Å². The van der Waals surface area contributed by atoms with Crippen LogP contribution in [-0.4, -0.2) is 24.3 Å². The third-order valence-corrected chi connectivity index (χ3v) is 3.92. The van der Waals surface area contributed by atoms with Gasteiger partial charge in [-0.1, -0.05) is 24.3 Å². The van der Waals surface area contributed by atoms with Crippen LogP contribution in [0.1, 0.15) is 11.1 Å². The van der Waals surface area contributed by atoms with Crippen molar-refractivity contribution in [2.24, 2.45) is 0 Å². The van der Waals surface area contributed by atoms with Gasteiger partial charge in [0.2, 0.25) is 0 Å². The first kappa shape index (κ1) is 15.3. The first-order valence-corrected chi connectivity index (χ1v) is 7.40. The fourth-order valence-electron chi connectivity index (χ4n) is 2.67. The van der Waals surface area contributed by atoms with Crippen molar-refractivity contribution in [3.8, 4) is 22.8 Å². The molecular weight excluding hydrogens is 290 g/mol. The Labute approximate surface area is 135 Å². The molecule has 0 aliphatic carbocycles. The number of aryl methyl sites for hydroxylation is 1. The Kier molecular flexibility index (Phi) is 4.17. The monoisotopic (exact) mass is 309 g/mol. The molecule has 4 heteroatoms. The molecule has 23 heavy (non-hydrogen) atoms. The SMILES string of the molecule is COc1cc2cc(C)c(-c3ccc(CO)cc3)nc2cc1OC. The molecule has 1 heterocycles. The van der Waals surface area contributed by atoms with Crippen molar-refractivity contribution >= 4 is 10.9 Å². The second-order valence-electron chi connectivity index (χ2n) is 5.41. The number of rotatable bonds is 4. The molecule has 0 aliphatic rings. The number of hydrogen-bond donors (Lipinski definition) is 1. The van der Waals surface area contributed by atoms with Gasteiger partial charge in [0.25, 0.3) is 0 Å². The van der Waals surface area contributed by atoms with Crippen molar-refractivity contribution in [1.82, 2.24) is 4.98 Å². The number of benzene rings is 2. The molecule has 0 fully saturated rings. The molecule has 0 saturated heterocycles. The van der Waals surface area contributed by atoms with Crippen molar-refractivity contribution in [1.29, 1.82) is 0 Å². The van der Waals surface area contributed by atoms with Gasteiger partial charge in [0.05, 0.1) is 32.0 Å². The van der Waals surface area contributed by atoms with Crippen molar-refractivity contribution < 1.29 is 14.6 Å². The largest absolute Gasteiger partial charge is 0.493 e. The van der Waals surface area contributed by atoms with E-state index in [-0.39, 0.29) is 6.61 Å². The van der Waals surface area contributed by atoms with Crippen LogP contribution in [0.2, 0.25) is 0 Å². The van der Waals surface area contributed by atoms with Gasteiger partial charge in [0.15, 0.2) is 11.5 Å². The van der Waals surface area contributed by atoms with E-state index >= 15 is 0 Å². The van der Waals surface area contributed by atoms with Gasteiger partial charge in [-0.25, -0.2) is 4.98 Å². The lowest BCUT2D eigenvalue weighted by atomic mass is 10.0. The number of pyridine rings is 1. The first-order valence-electron chi connectivity index (χ1n) is 7.40. The summed E-state index contributed by atoms with van der Waals surface area (Å²) in [6, 6.07) is 13.7. The standard InChI is InChI=1S/C19H19NO3/c1-12-8-15-9-17(22-2)18(23-3)10-16(15)20-19(12)14-6-4-13(11-21)5-7-14/h4-10,21H,11H2,1-3H3. The minimum atomic E-state index is 0.0431. The van der Waals surface area contributed by atoms with E-state index in [1.54, 1.807) is 14.2 Å². The molecule has 0 atom stereocenters. The molecule has 4 nitrogen and oxygen atoms in total. The Balaban J connectivity index is 2.15. The predicted molar refractivity (Wildman–Crippen MR) is 90.9 cm³/mol. The van der Waals surface area contributed by atoms with Crippen LogP contribution < -0.4 is 9.47 Å². The highest BCUT2D eigenvalue weighted by atomic mass is 16.5. The van der Waals surface area contributed by atoms with Crippen LogP contribution in [0.25, 0.3) is 22.2 Å². The van der Waals surface area contributed by atoms with Gasteiger partial charge in [-0.15, -0.1) is 0 Å². The highest BCUT2D eigenvalue weighted by Gasteiger charge is 2.11. The highest BCUT2D eigenvalue weighted by Crippen LogP contribution is 2.33. The normalized spacial score (nSPS) is 10.8. The van der Waals surface area contributed by atoms with E-state index in [4.69, 9.17) is 19.6 Å². The Morgan fingerprint density at radius 2 is 1.61 bits per heavy atom. The van der Waals surface area contributed by atoms with E-state index in [1.165, 1.54) is 0 Å². The highest BCUT2D eigenvalue weighted by molar-refractivity contribution is 5.86. The van der Waals surface area contributed by atoms with E-state index < -0.39 is 0 Å². The topological polar surface area (TPSA) is 51.6 Å². The number of fused-ring (bicyclic) bond motifs is 1. The molecule has 3 rings (SSSR count). The van der Waals surface area contributed by atoms with Gasteiger partial charge in [-0.2, -0.15) is 0 Å². The number of methoxy groups -OCH3 is 2. The lowest BCUT2D eigenvalue weighted by Crippen LogP contribution is -1.94. The van der Waals surface area contributed by atoms with Crippen LogP contribution in [0, 0.1) is 6.92 Å². The average molecular weight is 309 g/mol. The van der Waals surface area contributed by atoms with Gasteiger partial charge in [0, 0.05) is 17.0 Å². The quantitative estimate of drug-likeness (QED) is 0.798. The van der Waals surface area contributed by atoms with E-state index in [1.807, 2.05) is 43.3 Å². The fourth-order valence-corrected chi connectivity index (χ4v) is 2.67. The Hall–Kier alpha value is -2.59. The first-order chi connectivity index (χ1) is 11.2. The molecule has 0 saturated carbocycles. The number of aliphatic hydroxyl groups is 1. The van der Waals surface area contributed by atoms with E-state index in [0.717, 1.165) is 33.3 Å². The van der Waals surface area contributed by atoms with Crippen LogP contribution in [0.5, 0.6) is 11.5 Å². The van der Waals surface area contributed by atoms with Crippen LogP contribution in [-0.2, 0) is 6.61 Å². The second kappa shape index (κ2) is 6.26. The maximum atomic E-state index is 9.16. The second-order valence-corrected chi connectivity index (χ2v) is 5.41. The molecule has 0 radical (unpaired) electrons. The third-order valence-electron chi connectivity index (χ3n) is 3.92. The molecule has 1 aromatic heterocycles. The predicted octanol–water partition coefficient (Wildman–Crippen LogP) is 3.72. The van der Waals surface area contributed by atoms with Gasteiger partial charge >= 0.3 is 0 Å². The van der Waals surface area contributed by atoms with E-state index in [9.17, 15) is 0 Å². The Morgan fingerprint density at radius 3 is 2.22 bits per heavy atom. The summed E-state index contributed by atoms with van der Waals surface area (Å²) < 4.78 is 10.7. The van der Waals surface area contributed by atoms with Crippen molar-refractivity contribution in [2.45, 2.75) is 13.5 Å². The zero-order valence-corrected chi connectivity index (χ0v) is 13.5. The molecule has 3 aromatic rings. The molecule has 0 spiro atoms. The van der Waals surface area contributed by atoms with Crippen LogP contribution in [0.15, 0.2) is 42.5 Å². The Bertz CT molecular complexity index is 841. The molecule has 0 bridgehead atoms. The van der Waals surface area contributed by atoms with Gasteiger partial charge in [-0.3, -0.25) is 0 Å². The van der Waals surface area contributed by atoms with Crippen LogP contribution in [0.3, 0.4) is 0 Å². The number of aromatic nitrogens is 1. The van der Waals surface area contributed by atoms with Gasteiger partial charge < -0.3 is 14.6 Å². The molecule has 1 N–H and O–H groups in total. The average Bonchev–Trinajstić information content (AvgIpc) is 2.60. The van der Waals surface area contributed by atoms with Crippen molar-refractivity contribution in [3.63, 3.8) is 0 Å². The molecular formula is C19H19NO3. The summed E-state index contributed by atoms with van der Waals surface area (Å²) in [7, 11) is 3.24. The Morgan fingerprint density at radius 1 is 0.957 bits per heavy atom. The smallest absolute Gasteiger partial charge is 0.162 e. The maximum Gasteiger partial charge on any atom is 0.162 e. The summed E-state index contributed by atoms with van der Waals surface area (Å²) in [6.07, 6.45) is 0. The molecule has 118 valence electrons. The summed E-state index contributed by atoms with van der Waals surface area (Å²) in [5.74, 6) is 1.36. The summed E-state index contributed by atoms with van der Waals surface area (Å²) in [5, 5.41) is 10.2. The van der Waals surface area contributed by atoms with Gasteiger partial charge in [0.1, 0.15) is 0 Å². The van der Waals surface area contributed by atoms with Crippen LogP contribution >= 0.6 is 0 Å². The summed E-state index contributed by atoms with van der Waals surface area (Å²) in [6.45, 7) is 2.08. The molecule has 0 amide bonds. The molecule has 0 unspecified atom stereocenters. The molecule has 0 aliphatic heterocycles. The number of ether oxygens (including phenoxy) is 2. The number of aliphatic hydroxyl groups excluding tert-OH is 1. The zero-order chi connectivity index (χ0) is 16.4. The molecule has 2 aromatic carbocycles. The van der Waals surface area contributed by atoms with E-state index in [0.29, 0.717) is 11.5 Å². The zero-order valence-electron chi connectivity index (χ0n) is 13.5. The lowest BCUT2D eigenvalue weighted by molar-refractivity contribution is 0.282. The summed E-state index contributed by atoms with van der Waals surface area (Å²) in [5.41, 5.74) is 4.78. The number of nitrogens with zero attached hydrogens (tertiary/aromatic N) is 1.